The van der Waals surface area contributed by atoms with Gasteiger partial charge in [-0.25, -0.2) is 0 Å². The molecule has 1 N–H and O–H groups in total. The molecule has 1 amide bonds. The zero-order chi connectivity index (χ0) is 17.4. The number of hydrogen-bond donors (Lipinski definition) is 1. The van der Waals surface area contributed by atoms with Gasteiger partial charge in [-0.3, -0.25) is 4.79 Å². The van der Waals surface area contributed by atoms with E-state index < -0.39 is 0 Å². The second kappa shape index (κ2) is 8.96. The molecule has 0 aliphatic carbocycles. The summed E-state index contributed by atoms with van der Waals surface area (Å²) in [5.74, 6) is 1.90. The Balaban J connectivity index is 1.71. The second-order valence-corrected chi connectivity index (χ2v) is 5.96. The molecule has 2 aromatic rings. The molecular formula is C20H25NO3. The van der Waals surface area contributed by atoms with Gasteiger partial charge in [0, 0.05) is 6.54 Å². The van der Waals surface area contributed by atoms with Crippen molar-refractivity contribution in [2.24, 2.45) is 0 Å². The van der Waals surface area contributed by atoms with Gasteiger partial charge >= 0.3 is 0 Å². The average Bonchev–Trinajstić information content (AvgIpc) is 2.60. The maximum absolute atomic E-state index is 11.8. The minimum atomic E-state index is -0.120. The van der Waals surface area contributed by atoms with Crippen LogP contribution in [-0.4, -0.2) is 26.2 Å². The van der Waals surface area contributed by atoms with Gasteiger partial charge in [-0.15, -0.1) is 0 Å². The van der Waals surface area contributed by atoms with E-state index in [0.717, 1.165) is 17.7 Å². The van der Waals surface area contributed by atoms with Crippen LogP contribution in [0.4, 0.5) is 0 Å². The lowest BCUT2D eigenvalue weighted by molar-refractivity contribution is -0.123. The molecule has 0 atom stereocenters. The van der Waals surface area contributed by atoms with Crippen LogP contribution in [-0.2, 0) is 11.2 Å². The van der Waals surface area contributed by atoms with Crippen LogP contribution in [0.15, 0.2) is 48.5 Å². The molecule has 0 aliphatic rings. The van der Waals surface area contributed by atoms with E-state index in [2.05, 4.69) is 19.2 Å². The van der Waals surface area contributed by atoms with Gasteiger partial charge in [-0.1, -0.05) is 38.1 Å². The number of rotatable bonds is 8. The molecule has 24 heavy (non-hydrogen) atoms. The molecule has 0 unspecified atom stereocenters. The van der Waals surface area contributed by atoms with E-state index in [1.165, 1.54) is 5.56 Å². The molecule has 2 rings (SSSR count). The van der Waals surface area contributed by atoms with E-state index in [1.54, 1.807) is 7.11 Å². The summed E-state index contributed by atoms with van der Waals surface area (Å²) >= 11 is 0. The second-order valence-electron chi connectivity index (χ2n) is 5.96. The lowest BCUT2D eigenvalue weighted by Crippen LogP contribution is -2.30. The summed E-state index contributed by atoms with van der Waals surface area (Å²) in [6.45, 7) is 4.89. The molecule has 0 saturated carbocycles. The molecule has 0 saturated heterocycles. The molecule has 0 heterocycles. The zero-order valence-electron chi connectivity index (χ0n) is 14.5. The molecule has 128 valence electrons. The summed E-state index contributed by atoms with van der Waals surface area (Å²) in [7, 11) is 1.64. The van der Waals surface area contributed by atoms with Crippen LogP contribution in [0.3, 0.4) is 0 Å². The number of amides is 1. The summed E-state index contributed by atoms with van der Waals surface area (Å²) in [5.41, 5.74) is 2.38. The number of carbonyl (C=O) groups excluding carboxylic acids is 1. The number of hydrogen-bond acceptors (Lipinski definition) is 3. The molecule has 0 bridgehead atoms. The monoisotopic (exact) mass is 327 g/mol. The van der Waals surface area contributed by atoms with Crippen molar-refractivity contribution in [1.29, 1.82) is 0 Å². The van der Waals surface area contributed by atoms with E-state index in [1.807, 2.05) is 48.5 Å². The first-order valence-electron chi connectivity index (χ1n) is 8.21. The standard InChI is InChI=1S/C20H25NO3/c1-15(2)17-7-9-18(10-8-17)24-14-20(22)21-12-11-16-5-4-6-19(13-16)23-3/h4-10,13,15H,11-12,14H2,1-3H3,(H,21,22). The molecule has 0 aliphatic heterocycles. The molecule has 2 aromatic carbocycles. The Bertz CT molecular complexity index is 650. The van der Waals surface area contributed by atoms with Crippen molar-refractivity contribution in [2.75, 3.05) is 20.3 Å². The lowest BCUT2D eigenvalue weighted by atomic mass is 10.0. The van der Waals surface area contributed by atoms with Crippen LogP contribution in [0.2, 0.25) is 0 Å². The van der Waals surface area contributed by atoms with Crippen molar-refractivity contribution < 1.29 is 14.3 Å². The van der Waals surface area contributed by atoms with Gasteiger partial charge in [0.1, 0.15) is 11.5 Å². The minimum Gasteiger partial charge on any atom is -0.497 e. The Morgan fingerprint density at radius 2 is 1.83 bits per heavy atom. The van der Waals surface area contributed by atoms with E-state index in [9.17, 15) is 4.79 Å². The number of carbonyl (C=O) groups is 1. The van der Waals surface area contributed by atoms with Crippen LogP contribution >= 0.6 is 0 Å². The maximum atomic E-state index is 11.8. The van der Waals surface area contributed by atoms with Crippen molar-refractivity contribution in [2.45, 2.75) is 26.2 Å². The van der Waals surface area contributed by atoms with Crippen LogP contribution in [0.25, 0.3) is 0 Å². The third kappa shape index (κ3) is 5.61. The topological polar surface area (TPSA) is 47.6 Å². The van der Waals surface area contributed by atoms with Gasteiger partial charge < -0.3 is 14.8 Å². The van der Waals surface area contributed by atoms with Gasteiger partial charge in [0.05, 0.1) is 7.11 Å². The Morgan fingerprint density at radius 1 is 1.08 bits per heavy atom. The third-order valence-electron chi connectivity index (χ3n) is 3.79. The van der Waals surface area contributed by atoms with E-state index in [0.29, 0.717) is 18.2 Å². The fourth-order valence-corrected chi connectivity index (χ4v) is 2.32. The van der Waals surface area contributed by atoms with Crippen molar-refractivity contribution >= 4 is 5.91 Å². The Morgan fingerprint density at radius 3 is 2.50 bits per heavy atom. The van der Waals surface area contributed by atoms with E-state index in [-0.39, 0.29) is 12.5 Å². The molecule has 0 spiro atoms. The van der Waals surface area contributed by atoms with E-state index >= 15 is 0 Å². The fraction of sp³-hybridized carbons (Fsp3) is 0.350. The molecule has 0 radical (unpaired) electrons. The quantitative estimate of drug-likeness (QED) is 0.806. The smallest absolute Gasteiger partial charge is 0.257 e. The Labute approximate surface area is 143 Å². The summed E-state index contributed by atoms with van der Waals surface area (Å²) in [6, 6.07) is 15.7. The molecule has 4 heteroatoms. The average molecular weight is 327 g/mol. The van der Waals surface area contributed by atoms with E-state index in [4.69, 9.17) is 9.47 Å². The summed E-state index contributed by atoms with van der Waals surface area (Å²) in [4.78, 5) is 11.8. The highest BCUT2D eigenvalue weighted by Gasteiger charge is 2.04. The van der Waals surface area contributed by atoms with Crippen LogP contribution in [0, 0.1) is 0 Å². The first-order chi connectivity index (χ1) is 11.6. The third-order valence-corrected chi connectivity index (χ3v) is 3.79. The Kier molecular flexibility index (Phi) is 6.67. The highest BCUT2D eigenvalue weighted by molar-refractivity contribution is 5.77. The van der Waals surface area contributed by atoms with Gasteiger partial charge in [0.25, 0.3) is 5.91 Å². The zero-order valence-corrected chi connectivity index (χ0v) is 14.5. The Hall–Kier alpha value is -2.49. The highest BCUT2D eigenvalue weighted by Crippen LogP contribution is 2.18. The van der Waals surface area contributed by atoms with Crippen molar-refractivity contribution in [3.8, 4) is 11.5 Å². The van der Waals surface area contributed by atoms with Crippen LogP contribution in [0.1, 0.15) is 30.9 Å². The SMILES string of the molecule is COc1cccc(CCNC(=O)COc2ccc(C(C)C)cc2)c1. The molecule has 4 nitrogen and oxygen atoms in total. The lowest BCUT2D eigenvalue weighted by Gasteiger charge is -2.10. The van der Waals surface area contributed by atoms with Gasteiger partial charge in [-0.2, -0.15) is 0 Å². The van der Waals surface area contributed by atoms with Crippen LogP contribution < -0.4 is 14.8 Å². The van der Waals surface area contributed by atoms with Gasteiger partial charge in [-0.05, 0) is 47.7 Å². The minimum absolute atomic E-state index is 0.0269. The molecular weight excluding hydrogens is 302 g/mol. The fourth-order valence-electron chi connectivity index (χ4n) is 2.32. The summed E-state index contributed by atoms with van der Waals surface area (Å²) in [5, 5.41) is 2.86. The normalized spacial score (nSPS) is 10.5. The molecule has 0 aromatic heterocycles. The summed E-state index contributed by atoms with van der Waals surface area (Å²) < 4.78 is 10.7. The van der Waals surface area contributed by atoms with Gasteiger partial charge in [0.15, 0.2) is 6.61 Å². The van der Waals surface area contributed by atoms with Crippen molar-refractivity contribution in [3.05, 3.63) is 59.7 Å². The molecule has 0 fully saturated rings. The first kappa shape index (κ1) is 17.9. The van der Waals surface area contributed by atoms with Crippen LogP contribution in [0.5, 0.6) is 11.5 Å². The predicted octanol–water partition coefficient (Wildman–Crippen LogP) is 3.56. The first-order valence-corrected chi connectivity index (χ1v) is 8.21. The summed E-state index contributed by atoms with van der Waals surface area (Å²) in [6.07, 6.45) is 0.756. The number of nitrogens with one attached hydrogen (secondary N) is 1. The predicted molar refractivity (Wildman–Crippen MR) is 95.7 cm³/mol. The van der Waals surface area contributed by atoms with Crippen molar-refractivity contribution in [3.63, 3.8) is 0 Å². The number of methoxy groups -OCH3 is 1. The van der Waals surface area contributed by atoms with Crippen molar-refractivity contribution in [1.82, 2.24) is 5.32 Å². The van der Waals surface area contributed by atoms with Gasteiger partial charge in [0.2, 0.25) is 0 Å². The maximum Gasteiger partial charge on any atom is 0.257 e. The highest BCUT2D eigenvalue weighted by atomic mass is 16.5. The largest absolute Gasteiger partial charge is 0.497 e. The number of ether oxygens (including phenoxy) is 2. The number of benzene rings is 2.